The molecule has 0 fully saturated rings. The lowest BCUT2D eigenvalue weighted by Gasteiger charge is -2.08. The summed E-state index contributed by atoms with van der Waals surface area (Å²) in [6.45, 7) is 1.57. The Labute approximate surface area is 73.6 Å². The van der Waals surface area contributed by atoms with Crippen LogP contribution >= 0.6 is 0 Å². The molecule has 2 N–H and O–H groups in total. The van der Waals surface area contributed by atoms with Crippen molar-refractivity contribution < 1.29 is 14.3 Å². The third-order valence-electron chi connectivity index (χ3n) is 1.37. The summed E-state index contributed by atoms with van der Waals surface area (Å²) in [5, 5.41) is 10.5. The van der Waals surface area contributed by atoms with E-state index in [4.69, 9.17) is 5.11 Å². The van der Waals surface area contributed by atoms with Gasteiger partial charge in [-0.05, 0) is 6.92 Å². The van der Waals surface area contributed by atoms with Gasteiger partial charge in [0.1, 0.15) is 0 Å². The maximum Gasteiger partial charge on any atom is 0.405 e. The van der Waals surface area contributed by atoms with Crippen LogP contribution in [-0.4, -0.2) is 21.2 Å². The second-order valence-corrected chi connectivity index (χ2v) is 2.43. The molecule has 0 spiro atoms. The van der Waals surface area contributed by atoms with Crippen LogP contribution in [0.1, 0.15) is 18.8 Å². The Morgan fingerprint density at radius 3 is 2.62 bits per heavy atom. The van der Waals surface area contributed by atoms with Crippen LogP contribution in [0.2, 0.25) is 0 Å². The van der Waals surface area contributed by atoms with Gasteiger partial charge in [-0.15, -0.1) is 0 Å². The molecule has 0 aromatic carbocycles. The van der Waals surface area contributed by atoms with Crippen LogP contribution in [0.5, 0.6) is 0 Å². The number of aromatic nitrogens is 2. The lowest BCUT2D eigenvalue weighted by atomic mass is 10.3. The molecule has 1 rings (SSSR count). The van der Waals surface area contributed by atoms with Crippen molar-refractivity contribution in [2.24, 2.45) is 0 Å². The summed E-state index contributed by atoms with van der Waals surface area (Å²) in [7, 11) is 0. The maximum atomic E-state index is 12.4. The molecule has 0 saturated heterocycles. The molecular weight excluding hydrogens is 177 g/mol. The van der Waals surface area contributed by atoms with Gasteiger partial charge in [0.05, 0.1) is 18.4 Å². The zero-order chi connectivity index (χ0) is 9.84. The van der Waals surface area contributed by atoms with E-state index < -0.39 is 18.0 Å². The van der Waals surface area contributed by atoms with Gasteiger partial charge in [0, 0.05) is 0 Å². The van der Waals surface area contributed by atoms with Gasteiger partial charge in [-0.25, -0.2) is 19.2 Å². The lowest BCUT2D eigenvalue weighted by molar-refractivity contribution is 0.190. The second-order valence-electron chi connectivity index (χ2n) is 2.43. The maximum absolute atomic E-state index is 12.4. The molecule has 0 aliphatic rings. The Balaban J connectivity index is 2.71. The highest BCUT2D eigenvalue weighted by molar-refractivity contribution is 5.64. The fourth-order valence-electron chi connectivity index (χ4n) is 0.796. The van der Waals surface area contributed by atoms with E-state index >= 15 is 0 Å². The fourth-order valence-corrected chi connectivity index (χ4v) is 0.796. The van der Waals surface area contributed by atoms with Gasteiger partial charge in [-0.3, -0.25) is 0 Å². The fraction of sp³-hybridized carbons (Fsp3) is 0.286. The molecule has 13 heavy (non-hydrogen) atoms. The van der Waals surface area contributed by atoms with Crippen molar-refractivity contribution in [3.05, 3.63) is 24.0 Å². The van der Waals surface area contributed by atoms with Crippen LogP contribution in [0.3, 0.4) is 0 Å². The van der Waals surface area contributed by atoms with Crippen LogP contribution in [0, 0.1) is 5.82 Å². The summed E-state index contributed by atoms with van der Waals surface area (Å²) in [6, 6.07) is -0.543. The number of nitrogens with one attached hydrogen (secondary N) is 1. The molecule has 0 bridgehead atoms. The molecule has 1 aromatic rings. The number of halogens is 1. The number of rotatable bonds is 2. The molecule has 1 atom stereocenters. The molecule has 1 amide bonds. The SMILES string of the molecule is C[C@H](NC(=O)O)c1ncc(F)cn1. The molecular formula is C7H8FN3O2. The number of carbonyl (C=O) groups is 1. The minimum atomic E-state index is -1.17. The van der Waals surface area contributed by atoms with Gasteiger partial charge in [-0.1, -0.05) is 0 Å². The summed E-state index contributed by atoms with van der Waals surface area (Å²) >= 11 is 0. The van der Waals surface area contributed by atoms with Gasteiger partial charge in [0.2, 0.25) is 0 Å². The zero-order valence-electron chi connectivity index (χ0n) is 6.86. The average molecular weight is 185 g/mol. The molecule has 70 valence electrons. The minimum absolute atomic E-state index is 0.240. The zero-order valence-corrected chi connectivity index (χ0v) is 6.86. The van der Waals surface area contributed by atoms with Crippen LogP contribution in [0.15, 0.2) is 12.4 Å². The smallest absolute Gasteiger partial charge is 0.405 e. The highest BCUT2D eigenvalue weighted by atomic mass is 19.1. The van der Waals surface area contributed by atoms with E-state index in [1.165, 1.54) is 0 Å². The van der Waals surface area contributed by atoms with Crippen molar-refractivity contribution in [1.29, 1.82) is 0 Å². The van der Waals surface area contributed by atoms with Crippen molar-refractivity contribution in [1.82, 2.24) is 15.3 Å². The molecule has 1 heterocycles. The standard InChI is InChI=1S/C7H8FN3O2/c1-4(11-7(12)13)6-9-2-5(8)3-10-6/h2-4,11H,1H3,(H,12,13)/t4-/m0/s1. The number of amides is 1. The Hall–Kier alpha value is -1.72. The monoisotopic (exact) mass is 185 g/mol. The van der Waals surface area contributed by atoms with E-state index in [9.17, 15) is 9.18 Å². The number of nitrogens with zero attached hydrogens (tertiary/aromatic N) is 2. The Bertz CT molecular complexity index is 301. The molecule has 0 unspecified atom stereocenters. The molecule has 0 aliphatic carbocycles. The molecule has 5 nitrogen and oxygen atoms in total. The van der Waals surface area contributed by atoms with Gasteiger partial charge in [0.15, 0.2) is 11.6 Å². The predicted octanol–water partition coefficient (Wildman–Crippen LogP) is 0.944. The van der Waals surface area contributed by atoms with Crippen molar-refractivity contribution in [2.45, 2.75) is 13.0 Å². The number of carboxylic acid groups (broad SMARTS) is 1. The topological polar surface area (TPSA) is 75.1 Å². The highest BCUT2D eigenvalue weighted by Crippen LogP contribution is 2.04. The van der Waals surface area contributed by atoms with Crippen molar-refractivity contribution in [3.8, 4) is 0 Å². The average Bonchev–Trinajstić information content (AvgIpc) is 2.04. The van der Waals surface area contributed by atoms with Gasteiger partial charge >= 0.3 is 6.09 Å². The first-order valence-electron chi connectivity index (χ1n) is 3.56. The van der Waals surface area contributed by atoms with E-state index in [0.29, 0.717) is 0 Å². The predicted molar refractivity (Wildman–Crippen MR) is 41.6 cm³/mol. The quantitative estimate of drug-likeness (QED) is 0.719. The highest BCUT2D eigenvalue weighted by Gasteiger charge is 2.10. The van der Waals surface area contributed by atoms with Crippen molar-refractivity contribution in [2.75, 3.05) is 0 Å². The van der Waals surface area contributed by atoms with Gasteiger partial charge < -0.3 is 10.4 Å². The van der Waals surface area contributed by atoms with E-state index in [1.54, 1.807) is 6.92 Å². The van der Waals surface area contributed by atoms with Crippen LogP contribution < -0.4 is 5.32 Å². The summed E-state index contributed by atoms with van der Waals surface area (Å²) in [6.07, 6.45) is 0.811. The van der Waals surface area contributed by atoms with E-state index in [1.807, 2.05) is 0 Å². The third kappa shape index (κ3) is 2.66. The largest absolute Gasteiger partial charge is 0.465 e. The van der Waals surface area contributed by atoms with Gasteiger partial charge in [0.25, 0.3) is 0 Å². The summed E-state index contributed by atoms with van der Waals surface area (Å²) in [4.78, 5) is 17.4. The van der Waals surface area contributed by atoms with E-state index in [-0.39, 0.29) is 5.82 Å². The lowest BCUT2D eigenvalue weighted by Crippen LogP contribution is -2.25. The normalized spacial score (nSPS) is 12.2. The van der Waals surface area contributed by atoms with Crippen molar-refractivity contribution in [3.63, 3.8) is 0 Å². The van der Waals surface area contributed by atoms with Crippen molar-refractivity contribution >= 4 is 6.09 Å². The third-order valence-corrected chi connectivity index (χ3v) is 1.37. The Kier molecular flexibility index (Phi) is 2.73. The summed E-state index contributed by atoms with van der Waals surface area (Å²) in [5.41, 5.74) is 0. The summed E-state index contributed by atoms with van der Waals surface area (Å²) in [5.74, 6) is -0.310. The van der Waals surface area contributed by atoms with Crippen LogP contribution in [-0.2, 0) is 0 Å². The molecule has 0 aliphatic heterocycles. The number of hydrogen-bond acceptors (Lipinski definition) is 3. The molecule has 0 radical (unpaired) electrons. The Morgan fingerprint density at radius 2 is 2.15 bits per heavy atom. The van der Waals surface area contributed by atoms with E-state index in [2.05, 4.69) is 15.3 Å². The first kappa shape index (κ1) is 9.37. The molecule has 6 heteroatoms. The van der Waals surface area contributed by atoms with Crippen LogP contribution in [0.25, 0.3) is 0 Å². The van der Waals surface area contributed by atoms with Gasteiger partial charge in [-0.2, -0.15) is 0 Å². The van der Waals surface area contributed by atoms with E-state index in [0.717, 1.165) is 12.4 Å². The first-order valence-corrected chi connectivity index (χ1v) is 3.56. The Morgan fingerprint density at radius 1 is 1.62 bits per heavy atom. The first-order chi connectivity index (χ1) is 6.09. The number of hydrogen-bond donors (Lipinski definition) is 2. The van der Waals surface area contributed by atoms with Crippen LogP contribution in [0.4, 0.5) is 9.18 Å². The molecule has 1 aromatic heterocycles. The molecule has 0 saturated carbocycles. The second kappa shape index (κ2) is 3.79. The minimum Gasteiger partial charge on any atom is -0.465 e. The summed E-state index contributed by atoms with van der Waals surface area (Å²) < 4.78 is 12.4.